The smallest absolute Gasteiger partial charge is 0.324 e. The summed E-state index contributed by atoms with van der Waals surface area (Å²) in [5, 5.41) is 8.17. The van der Waals surface area contributed by atoms with E-state index >= 15 is 0 Å². The molecule has 7 nitrogen and oxygen atoms in total. The molecular formula is C23H28N4O3S. The number of urea groups is 1. The topological polar surface area (TPSA) is 81.8 Å². The number of anilines is 1. The van der Waals surface area contributed by atoms with Gasteiger partial charge in [0.2, 0.25) is 11.8 Å². The number of carbonyl (C=O) groups excluding carboxylic acids is 3. The molecule has 4 rings (SSSR count). The molecule has 2 N–H and O–H groups in total. The molecule has 1 aromatic heterocycles. The number of piperidine rings is 1. The second kappa shape index (κ2) is 8.80. The van der Waals surface area contributed by atoms with E-state index in [9.17, 15) is 14.4 Å². The maximum absolute atomic E-state index is 13.3. The number of hydrogen-bond acceptors (Lipinski definition) is 5. The molecule has 8 heteroatoms. The number of carbonyl (C=O) groups is 3. The second-order valence-corrected chi connectivity index (χ2v) is 9.41. The first kappa shape index (κ1) is 21.5. The highest BCUT2D eigenvalue weighted by Crippen LogP contribution is 2.27. The van der Waals surface area contributed by atoms with Crippen LogP contribution in [0.4, 0.5) is 10.5 Å². The van der Waals surface area contributed by atoms with Gasteiger partial charge in [0.25, 0.3) is 0 Å². The first-order chi connectivity index (χ1) is 14.8. The Morgan fingerprint density at radius 1 is 1.23 bits per heavy atom. The molecule has 0 aliphatic carbocycles. The summed E-state index contributed by atoms with van der Waals surface area (Å²) in [5.41, 5.74) is 3.90. The van der Waals surface area contributed by atoms with Gasteiger partial charge in [0.15, 0.2) is 0 Å². The molecule has 2 aliphatic rings. The standard InChI is InChI=1S/C23H28N4O3S/c1-14-10-15(2)20(16(3)11-14)25-19(28)13-26-18-7-4-8-24-21(18)22(29)27(23(26)30)12-17-6-5-9-31-17/h5-6,9-11,18,21,24H,4,7-8,12-13H2,1-3H3,(H,25,28). The number of imide groups is 1. The molecule has 31 heavy (non-hydrogen) atoms. The van der Waals surface area contributed by atoms with Crippen LogP contribution in [0.25, 0.3) is 0 Å². The van der Waals surface area contributed by atoms with Crippen molar-refractivity contribution >= 4 is 34.9 Å². The van der Waals surface area contributed by atoms with E-state index in [0.29, 0.717) is 6.42 Å². The van der Waals surface area contributed by atoms with E-state index in [0.717, 1.165) is 40.2 Å². The zero-order chi connectivity index (χ0) is 22.1. The molecule has 2 saturated heterocycles. The van der Waals surface area contributed by atoms with E-state index in [1.807, 2.05) is 50.4 Å². The van der Waals surface area contributed by atoms with Gasteiger partial charge in [-0.05, 0) is 62.7 Å². The molecule has 2 aromatic rings. The van der Waals surface area contributed by atoms with Crippen molar-refractivity contribution in [3.63, 3.8) is 0 Å². The van der Waals surface area contributed by atoms with Crippen molar-refractivity contribution in [1.82, 2.24) is 15.1 Å². The number of benzene rings is 1. The number of fused-ring (bicyclic) bond motifs is 1. The monoisotopic (exact) mass is 440 g/mol. The molecule has 0 radical (unpaired) electrons. The third-order valence-electron chi connectivity index (χ3n) is 5.98. The normalized spacial score (nSPS) is 21.3. The first-order valence-electron chi connectivity index (χ1n) is 10.6. The van der Waals surface area contributed by atoms with Crippen LogP contribution < -0.4 is 10.6 Å². The highest BCUT2D eigenvalue weighted by Gasteiger charge is 2.47. The van der Waals surface area contributed by atoms with E-state index in [4.69, 9.17) is 0 Å². The fourth-order valence-electron chi connectivity index (χ4n) is 4.62. The average molecular weight is 441 g/mol. The molecule has 0 spiro atoms. The van der Waals surface area contributed by atoms with E-state index < -0.39 is 12.1 Å². The summed E-state index contributed by atoms with van der Waals surface area (Å²) in [6.07, 6.45) is 1.57. The van der Waals surface area contributed by atoms with Crippen molar-refractivity contribution in [3.05, 3.63) is 51.2 Å². The van der Waals surface area contributed by atoms with E-state index in [2.05, 4.69) is 10.6 Å². The maximum atomic E-state index is 13.3. The molecule has 164 valence electrons. The molecule has 0 saturated carbocycles. The van der Waals surface area contributed by atoms with Gasteiger partial charge < -0.3 is 15.5 Å². The minimum atomic E-state index is -0.470. The van der Waals surface area contributed by atoms with Crippen molar-refractivity contribution in [3.8, 4) is 0 Å². The van der Waals surface area contributed by atoms with Crippen molar-refractivity contribution in [1.29, 1.82) is 0 Å². The van der Waals surface area contributed by atoms with Crippen LogP contribution in [0.15, 0.2) is 29.6 Å². The molecule has 2 aliphatic heterocycles. The van der Waals surface area contributed by atoms with Crippen LogP contribution in [0, 0.1) is 20.8 Å². The van der Waals surface area contributed by atoms with Crippen molar-refractivity contribution < 1.29 is 14.4 Å². The molecule has 2 atom stereocenters. The molecular weight excluding hydrogens is 412 g/mol. The quantitative estimate of drug-likeness (QED) is 0.748. The molecule has 3 heterocycles. The Balaban J connectivity index is 1.55. The Morgan fingerprint density at radius 2 is 1.97 bits per heavy atom. The molecule has 4 amide bonds. The zero-order valence-corrected chi connectivity index (χ0v) is 18.9. The summed E-state index contributed by atoms with van der Waals surface area (Å²) in [4.78, 5) is 43.1. The fourth-order valence-corrected chi connectivity index (χ4v) is 5.31. The first-order valence-corrected chi connectivity index (χ1v) is 11.5. The number of hydrogen-bond donors (Lipinski definition) is 2. The number of thiophene rings is 1. The lowest BCUT2D eigenvalue weighted by Gasteiger charge is -2.46. The van der Waals surface area contributed by atoms with Crippen LogP contribution in [0.2, 0.25) is 0 Å². The Kier molecular flexibility index (Phi) is 6.11. The van der Waals surface area contributed by atoms with Crippen LogP contribution >= 0.6 is 11.3 Å². The van der Waals surface area contributed by atoms with Gasteiger partial charge in [-0.1, -0.05) is 23.8 Å². The SMILES string of the molecule is Cc1cc(C)c(NC(=O)CN2C(=O)N(Cc3cccs3)C(=O)C3NCCCC32)c(C)c1. The van der Waals surface area contributed by atoms with E-state index in [-0.39, 0.29) is 30.9 Å². The van der Waals surface area contributed by atoms with Crippen LogP contribution in [0.1, 0.15) is 34.4 Å². The van der Waals surface area contributed by atoms with Crippen molar-refractivity contribution in [2.75, 3.05) is 18.4 Å². The lowest BCUT2D eigenvalue weighted by Crippen LogP contribution is -2.69. The van der Waals surface area contributed by atoms with Crippen molar-refractivity contribution in [2.24, 2.45) is 0 Å². The zero-order valence-electron chi connectivity index (χ0n) is 18.1. The summed E-state index contributed by atoms with van der Waals surface area (Å²) < 4.78 is 0. The van der Waals surface area contributed by atoms with Gasteiger partial charge in [0, 0.05) is 10.6 Å². The predicted molar refractivity (Wildman–Crippen MR) is 121 cm³/mol. The third kappa shape index (κ3) is 4.36. The maximum Gasteiger partial charge on any atom is 0.327 e. The fraction of sp³-hybridized carbons (Fsp3) is 0.435. The molecule has 1 aromatic carbocycles. The van der Waals surface area contributed by atoms with Crippen LogP contribution in [0.3, 0.4) is 0 Å². The lowest BCUT2D eigenvalue weighted by atomic mass is 9.93. The molecule has 0 bridgehead atoms. The number of amides is 4. The summed E-state index contributed by atoms with van der Waals surface area (Å²) in [5.74, 6) is -0.455. The van der Waals surface area contributed by atoms with E-state index in [1.54, 1.807) is 4.90 Å². The Bertz CT molecular complexity index is 981. The predicted octanol–water partition coefficient (Wildman–Crippen LogP) is 3.20. The highest BCUT2D eigenvalue weighted by molar-refractivity contribution is 7.09. The number of aryl methyl sites for hydroxylation is 3. The average Bonchev–Trinajstić information content (AvgIpc) is 3.24. The summed E-state index contributed by atoms with van der Waals surface area (Å²) in [6, 6.07) is 6.69. The number of rotatable bonds is 5. The Morgan fingerprint density at radius 3 is 2.65 bits per heavy atom. The third-order valence-corrected chi connectivity index (χ3v) is 6.85. The van der Waals surface area contributed by atoms with Gasteiger partial charge in [-0.2, -0.15) is 0 Å². The van der Waals surface area contributed by atoms with Crippen LogP contribution in [-0.2, 0) is 16.1 Å². The van der Waals surface area contributed by atoms with Crippen LogP contribution in [-0.4, -0.2) is 52.8 Å². The van der Waals surface area contributed by atoms with Crippen LogP contribution in [0.5, 0.6) is 0 Å². The van der Waals surface area contributed by atoms with Crippen molar-refractivity contribution in [2.45, 2.75) is 52.2 Å². The Labute approximate surface area is 186 Å². The van der Waals surface area contributed by atoms with Gasteiger partial charge >= 0.3 is 6.03 Å². The summed E-state index contributed by atoms with van der Waals surface area (Å²) >= 11 is 1.51. The van der Waals surface area contributed by atoms with Gasteiger partial charge in [0.1, 0.15) is 12.6 Å². The minimum Gasteiger partial charge on any atom is -0.324 e. The van der Waals surface area contributed by atoms with E-state index in [1.165, 1.54) is 16.2 Å². The Hall–Kier alpha value is -2.71. The minimum absolute atomic E-state index is 0.0807. The lowest BCUT2D eigenvalue weighted by molar-refractivity contribution is -0.138. The molecule has 2 unspecified atom stereocenters. The second-order valence-electron chi connectivity index (χ2n) is 8.38. The summed E-state index contributed by atoms with van der Waals surface area (Å²) in [6.45, 7) is 6.83. The molecule has 2 fully saturated rings. The largest absolute Gasteiger partial charge is 0.327 e. The van der Waals surface area contributed by atoms with Gasteiger partial charge in [-0.3, -0.25) is 14.5 Å². The number of nitrogens with zero attached hydrogens (tertiary/aromatic N) is 2. The van der Waals surface area contributed by atoms with Gasteiger partial charge in [0.05, 0.1) is 12.6 Å². The highest BCUT2D eigenvalue weighted by atomic mass is 32.1. The number of nitrogens with one attached hydrogen (secondary N) is 2. The summed E-state index contributed by atoms with van der Waals surface area (Å²) in [7, 11) is 0. The van der Waals surface area contributed by atoms with Gasteiger partial charge in [-0.25, -0.2) is 4.79 Å². The van der Waals surface area contributed by atoms with Gasteiger partial charge in [-0.15, -0.1) is 11.3 Å².